The second-order valence-corrected chi connectivity index (χ2v) is 8.83. The maximum absolute atomic E-state index is 13.3. The van der Waals surface area contributed by atoms with Gasteiger partial charge in [-0.05, 0) is 50.3 Å². The van der Waals surface area contributed by atoms with Crippen LogP contribution in [0.5, 0.6) is 5.75 Å². The molecule has 2 aliphatic rings. The Balaban J connectivity index is 1.88. The van der Waals surface area contributed by atoms with Gasteiger partial charge in [0.25, 0.3) is 0 Å². The number of sulfonamides is 1. The van der Waals surface area contributed by atoms with Gasteiger partial charge >= 0.3 is 0 Å². The van der Waals surface area contributed by atoms with Crippen LogP contribution in [0.2, 0.25) is 0 Å². The summed E-state index contributed by atoms with van der Waals surface area (Å²) in [5, 5.41) is 0. The number of benzene rings is 1. The Hall–Kier alpha value is -1.60. The summed E-state index contributed by atoms with van der Waals surface area (Å²) in [6, 6.07) is 5.31. The molecule has 1 aliphatic heterocycles. The number of methoxy groups -OCH3 is 1. The molecular formula is C18H26N2O4S. The maximum atomic E-state index is 13.3. The van der Waals surface area contributed by atoms with Crippen LogP contribution in [0.3, 0.4) is 0 Å². The standard InChI is InChI=1S/C18H26N2O4S/c1-13-6-9-17(24-3)18(11-13)25(22,23)20-10-4-5-16(20)12-19(14(2)21)15-7-8-15/h6,9,11,15-16H,4-5,7-8,10,12H2,1-3H3. The normalized spacial score (nSPS) is 21.3. The molecule has 1 aromatic rings. The highest BCUT2D eigenvalue weighted by Gasteiger charge is 2.40. The van der Waals surface area contributed by atoms with E-state index in [4.69, 9.17) is 4.74 Å². The molecule has 138 valence electrons. The van der Waals surface area contributed by atoms with Crippen LogP contribution in [0.15, 0.2) is 23.1 Å². The van der Waals surface area contributed by atoms with Crippen LogP contribution in [-0.2, 0) is 14.8 Å². The molecule has 1 atom stereocenters. The van der Waals surface area contributed by atoms with E-state index in [0.717, 1.165) is 31.2 Å². The number of ether oxygens (including phenoxy) is 1. The number of hydrogen-bond acceptors (Lipinski definition) is 4. The Morgan fingerprint density at radius 1 is 1.32 bits per heavy atom. The largest absolute Gasteiger partial charge is 0.495 e. The highest BCUT2D eigenvalue weighted by molar-refractivity contribution is 7.89. The van der Waals surface area contributed by atoms with Gasteiger partial charge in [-0.15, -0.1) is 0 Å². The van der Waals surface area contributed by atoms with Gasteiger partial charge in [-0.2, -0.15) is 4.31 Å². The van der Waals surface area contributed by atoms with E-state index in [0.29, 0.717) is 18.8 Å². The molecule has 6 nitrogen and oxygen atoms in total. The lowest BCUT2D eigenvalue weighted by molar-refractivity contribution is -0.129. The van der Waals surface area contributed by atoms with Crippen LogP contribution in [0.4, 0.5) is 0 Å². The monoisotopic (exact) mass is 366 g/mol. The minimum Gasteiger partial charge on any atom is -0.495 e. The maximum Gasteiger partial charge on any atom is 0.247 e. The van der Waals surface area contributed by atoms with Crippen molar-refractivity contribution in [3.8, 4) is 5.75 Å². The Morgan fingerprint density at radius 2 is 2.04 bits per heavy atom. The predicted molar refractivity (Wildman–Crippen MR) is 95.1 cm³/mol. The van der Waals surface area contributed by atoms with E-state index in [1.54, 1.807) is 23.4 Å². The smallest absolute Gasteiger partial charge is 0.247 e. The third-order valence-electron chi connectivity index (χ3n) is 5.03. The highest BCUT2D eigenvalue weighted by Crippen LogP contribution is 2.34. The molecule has 3 rings (SSSR count). The van der Waals surface area contributed by atoms with Gasteiger partial charge in [-0.3, -0.25) is 4.79 Å². The van der Waals surface area contributed by atoms with E-state index in [1.807, 2.05) is 17.9 Å². The molecule has 1 aliphatic carbocycles. The van der Waals surface area contributed by atoms with Gasteiger partial charge in [0.2, 0.25) is 15.9 Å². The molecule has 1 saturated heterocycles. The van der Waals surface area contributed by atoms with E-state index >= 15 is 0 Å². The molecule has 1 heterocycles. The highest BCUT2D eigenvalue weighted by atomic mass is 32.2. The molecule has 0 bridgehead atoms. The average molecular weight is 366 g/mol. The van der Waals surface area contributed by atoms with Crippen LogP contribution < -0.4 is 4.74 Å². The van der Waals surface area contributed by atoms with E-state index in [1.165, 1.54) is 7.11 Å². The zero-order valence-corrected chi connectivity index (χ0v) is 15.9. The Labute approximate surface area is 149 Å². The lowest BCUT2D eigenvalue weighted by atomic mass is 10.2. The first kappa shape index (κ1) is 18.2. The first-order chi connectivity index (χ1) is 11.8. The van der Waals surface area contributed by atoms with Gasteiger partial charge in [0.05, 0.1) is 7.11 Å². The van der Waals surface area contributed by atoms with Crippen LogP contribution in [0, 0.1) is 6.92 Å². The summed E-state index contributed by atoms with van der Waals surface area (Å²) in [5.74, 6) is 0.391. The number of nitrogens with zero attached hydrogens (tertiary/aromatic N) is 2. The van der Waals surface area contributed by atoms with Crippen LogP contribution >= 0.6 is 0 Å². The zero-order chi connectivity index (χ0) is 18.2. The first-order valence-corrected chi connectivity index (χ1v) is 10.2. The lowest BCUT2D eigenvalue weighted by Crippen LogP contribution is -2.45. The summed E-state index contributed by atoms with van der Waals surface area (Å²) in [6.45, 7) is 4.40. The van der Waals surface area contributed by atoms with Crippen molar-refractivity contribution in [2.75, 3.05) is 20.2 Å². The quantitative estimate of drug-likeness (QED) is 0.774. The molecule has 0 spiro atoms. The summed E-state index contributed by atoms with van der Waals surface area (Å²) in [6.07, 6.45) is 3.63. The fraction of sp³-hybridized carbons (Fsp3) is 0.611. The lowest BCUT2D eigenvalue weighted by Gasteiger charge is -2.30. The van der Waals surface area contributed by atoms with Gasteiger partial charge in [0, 0.05) is 32.1 Å². The molecule has 1 unspecified atom stereocenters. The molecule has 2 fully saturated rings. The van der Waals surface area contributed by atoms with Crippen molar-refractivity contribution in [2.24, 2.45) is 0 Å². The second-order valence-electron chi connectivity index (χ2n) is 6.97. The first-order valence-electron chi connectivity index (χ1n) is 8.78. The fourth-order valence-corrected chi connectivity index (χ4v) is 5.50. The van der Waals surface area contributed by atoms with Gasteiger partial charge in [0.1, 0.15) is 10.6 Å². The van der Waals surface area contributed by atoms with Gasteiger partial charge in [-0.25, -0.2) is 8.42 Å². The number of carbonyl (C=O) groups is 1. The van der Waals surface area contributed by atoms with E-state index < -0.39 is 10.0 Å². The van der Waals surface area contributed by atoms with Crippen molar-refractivity contribution in [1.82, 2.24) is 9.21 Å². The van der Waals surface area contributed by atoms with Crippen LogP contribution in [-0.4, -0.2) is 55.8 Å². The topological polar surface area (TPSA) is 66.9 Å². The molecule has 7 heteroatoms. The molecule has 0 radical (unpaired) electrons. The molecular weight excluding hydrogens is 340 g/mol. The van der Waals surface area contributed by atoms with Crippen molar-refractivity contribution in [1.29, 1.82) is 0 Å². The molecule has 1 aromatic carbocycles. The van der Waals surface area contributed by atoms with Gasteiger partial charge in [0.15, 0.2) is 0 Å². The molecule has 0 aromatic heterocycles. The summed E-state index contributed by atoms with van der Waals surface area (Å²) in [4.78, 5) is 14.0. The third kappa shape index (κ3) is 3.67. The van der Waals surface area contributed by atoms with Crippen molar-refractivity contribution in [3.05, 3.63) is 23.8 Å². The number of amides is 1. The summed E-state index contributed by atoms with van der Waals surface area (Å²) < 4.78 is 33.3. The van der Waals surface area contributed by atoms with Gasteiger partial charge in [-0.1, -0.05) is 6.07 Å². The number of hydrogen-bond donors (Lipinski definition) is 0. The number of carbonyl (C=O) groups excluding carboxylic acids is 1. The van der Waals surface area contributed by atoms with Gasteiger partial charge < -0.3 is 9.64 Å². The molecule has 0 N–H and O–H groups in total. The summed E-state index contributed by atoms with van der Waals surface area (Å²) in [7, 11) is -2.18. The Morgan fingerprint density at radius 3 is 2.64 bits per heavy atom. The minimum absolute atomic E-state index is 0.0277. The van der Waals surface area contributed by atoms with Crippen molar-refractivity contribution < 1.29 is 17.9 Å². The molecule has 1 amide bonds. The Bertz CT molecular complexity index is 758. The summed E-state index contributed by atoms with van der Waals surface area (Å²) >= 11 is 0. The fourth-order valence-electron chi connectivity index (χ4n) is 3.57. The number of aryl methyl sites for hydroxylation is 1. The molecule has 25 heavy (non-hydrogen) atoms. The van der Waals surface area contributed by atoms with E-state index in [-0.39, 0.29) is 22.9 Å². The molecule has 1 saturated carbocycles. The second kappa shape index (κ2) is 6.96. The zero-order valence-electron chi connectivity index (χ0n) is 15.1. The van der Waals surface area contributed by atoms with Crippen molar-refractivity contribution in [2.45, 2.75) is 56.5 Å². The predicted octanol–water partition coefficient (Wildman–Crippen LogP) is 2.17. The van der Waals surface area contributed by atoms with E-state index in [9.17, 15) is 13.2 Å². The minimum atomic E-state index is -3.66. The van der Waals surface area contributed by atoms with Crippen molar-refractivity contribution in [3.63, 3.8) is 0 Å². The Kier molecular flexibility index (Phi) is 5.06. The third-order valence-corrected chi connectivity index (χ3v) is 7.00. The van der Waals surface area contributed by atoms with E-state index in [2.05, 4.69) is 0 Å². The van der Waals surface area contributed by atoms with Crippen LogP contribution in [0.25, 0.3) is 0 Å². The van der Waals surface area contributed by atoms with Crippen LogP contribution in [0.1, 0.15) is 38.2 Å². The average Bonchev–Trinajstić information content (AvgIpc) is 3.29. The summed E-state index contributed by atoms with van der Waals surface area (Å²) in [5.41, 5.74) is 0.874. The number of rotatable bonds is 6. The SMILES string of the molecule is COc1ccc(C)cc1S(=O)(=O)N1CCCC1CN(C(C)=O)C1CC1. The van der Waals surface area contributed by atoms with Crippen molar-refractivity contribution >= 4 is 15.9 Å².